The molecule has 24 heavy (non-hydrogen) atoms. The van der Waals surface area contributed by atoms with Crippen molar-refractivity contribution in [2.75, 3.05) is 24.5 Å². The van der Waals surface area contributed by atoms with Crippen LogP contribution in [-0.2, 0) is 4.79 Å². The van der Waals surface area contributed by atoms with Gasteiger partial charge in [0.2, 0.25) is 5.91 Å². The van der Waals surface area contributed by atoms with Gasteiger partial charge in [0.15, 0.2) is 5.82 Å². The van der Waals surface area contributed by atoms with E-state index in [9.17, 15) is 4.79 Å². The molecule has 2 aromatic heterocycles. The molecule has 0 aliphatic carbocycles. The van der Waals surface area contributed by atoms with Crippen molar-refractivity contribution in [3.8, 4) is 0 Å². The van der Waals surface area contributed by atoms with Gasteiger partial charge in [-0.1, -0.05) is 6.07 Å². The summed E-state index contributed by atoms with van der Waals surface area (Å²) in [6.45, 7) is 4.19. The summed E-state index contributed by atoms with van der Waals surface area (Å²) in [4.78, 5) is 15.5. The van der Waals surface area contributed by atoms with Crippen molar-refractivity contribution in [2.24, 2.45) is 0 Å². The van der Waals surface area contributed by atoms with Crippen LogP contribution in [0.1, 0.15) is 30.7 Å². The number of piperidine rings is 1. The Morgan fingerprint density at radius 3 is 3.12 bits per heavy atom. The Labute approximate surface area is 146 Å². The predicted octanol–water partition coefficient (Wildman–Crippen LogP) is 1.97. The van der Waals surface area contributed by atoms with Crippen molar-refractivity contribution in [3.63, 3.8) is 0 Å². The Balaban J connectivity index is 1.45. The molecule has 3 heterocycles. The number of nitrogens with one attached hydrogen (secondary N) is 2. The number of hydrogen-bond acceptors (Lipinski definition) is 6. The number of anilines is 1. The summed E-state index contributed by atoms with van der Waals surface area (Å²) in [7, 11) is 0. The minimum absolute atomic E-state index is 0.0347. The van der Waals surface area contributed by atoms with E-state index in [1.807, 2.05) is 36.6 Å². The van der Waals surface area contributed by atoms with Crippen LogP contribution in [0.4, 0.5) is 5.82 Å². The molecule has 2 aromatic rings. The van der Waals surface area contributed by atoms with Crippen LogP contribution in [0.15, 0.2) is 35.8 Å². The van der Waals surface area contributed by atoms with Crippen LogP contribution >= 0.6 is 11.3 Å². The first-order valence-corrected chi connectivity index (χ1v) is 9.19. The van der Waals surface area contributed by atoms with Crippen molar-refractivity contribution < 1.29 is 4.79 Å². The summed E-state index contributed by atoms with van der Waals surface area (Å²) in [6.07, 6.45) is 3.84. The normalized spacial score (nSPS) is 19.0. The average Bonchev–Trinajstić information content (AvgIpc) is 3.16. The molecule has 6 nitrogen and oxygen atoms in total. The van der Waals surface area contributed by atoms with Gasteiger partial charge in [-0.15, -0.1) is 16.4 Å². The summed E-state index contributed by atoms with van der Waals surface area (Å²) < 4.78 is 0. The molecule has 0 spiro atoms. The zero-order valence-corrected chi connectivity index (χ0v) is 14.6. The average molecular weight is 345 g/mol. The van der Waals surface area contributed by atoms with Gasteiger partial charge in [-0.3, -0.25) is 4.79 Å². The molecule has 0 saturated carbocycles. The first kappa shape index (κ1) is 16.9. The Morgan fingerprint density at radius 2 is 2.38 bits per heavy atom. The minimum atomic E-state index is 0.0347. The Bertz CT molecular complexity index is 634. The maximum absolute atomic E-state index is 12.1. The van der Waals surface area contributed by atoms with E-state index in [1.165, 1.54) is 4.88 Å². The number of hydrogen-bond donors (Lipinski definition) is 2. The largest absolute Gasteiger partial charge is 0.354 e. The third-order valence-electron chi connectivity index (χ3n) is 4.20. The summed E-state index contributed by atoms with van der Waals surface area (Å²) >= 11 is 1.66. The Morgan fingerprint density at radius 1 is 1.46 bits per heavy atom. The molecular formula is C17H23N5OS. The second-order valence-corrected chi connectivity index (χ2v) is 7.03. The summed E-state index contributed by atoms with van der Waals surface area (Å²) in [5, 5.41) is 16.5. The van der Waals surface area contributed by atoms with E-state index < -0.39 is 0 Å². The molecule has 2 N–H and O–H groups in total. The number of carbonyl (C=O) groups excluding carboxylic acids is 1. The number of aromatic nitrogens is 2. The van der Waals surface area contributed by atoms with Gasteiger partial charge in [-0.2, -0.15) is 5.10 Å². The van der Waals surface area contributed by atoms with E-state index in [1.54, 1.807) is 17.5 Å². The zero-order chi connectivity index (χ0) is 16.8. The van der Waals surface area contributed by atoms with E-state index in [-0.39, 0.29) is 11.9 Å². The molecule has 0 unspecified atom stereocenters. The molecule has 2 atom stereocenters. The first-order valence-electron chi connectivity index (χ1n) is 8.31. The monoisotopic (exact) mass is 345 g/mol. The van der Waals surface area contributed by atoms with Gasteiger partial charge < -0.3 is 15.5 Å². The molecule has 7 heteroatoms. The lowest BCUT2D eigenvalue weighted by Crippen LogP contribution is -2.49. The van der Waals surface area contributed by atoms with Crippen LogP contribution in [0.5, 0.6) is 0 Å². The first-order chi connectivity index (χ1) is 11.7. The number of carbonyl (C=O) groups is 1. The van der Waals surface area contributed by atoms with Gasteiger partial charge >= 0.3 is 0 Å². The molecule has 0 bridgehead atoms. The quantitative estimate of drug-likeness (QED) is 0.838. The minimum Gasteiger partial charge on any atom is -0.354 e. The van der Waals surface area contributed by atoms with Crippen LogP contribution in [-0.4, -0.2) is 41.8 Å². The van der Waals surface area contributed by atoms with Crippen LogP contribution in [0.3, 0.4) is 0 Å². The van der Waals surface area contributed by atoms with Crippen molar-refractivity contribution in [1.29, 1.82) is 0 Å². The Kier molecular flexibility index (Phi) is 5.77. The molecule has 1 amide bonds. The lowest BCUT2D eigenvalue weighted by molar-refractivity contribution is -0.121. The van der Waals surface area contributed by atoms with E-state index in [0.717, 1.165) is 31.7 Å². The van der Waals surface area contributed by atoms with E-state index in [2.05, 4.69) is 25.7 Å². The molecule has 128 valence electrons. The highest BCUT2D eigenvalue weighted by molar-refractivity contribution is 7.10. The lowest BCUT2D eigenvalue weighted by Gasteiger charge is -2.33. The number of nitrogens with zero attached hydrogens (tertiary/aromatic N) is 3. The van der Waals surface area contributed by atoms with Crippen molar-refractivity contribution in [2.45, 2.75) is 31.8 Å². The summed E-state index contributed by atoms with van der Waals surface area (Å²) in [5.41, 5.74) is 0. The Hall–Kier alpha value is -1.99. The third-order valence-corrected chi connectivity index (χ3v) is 5.26. The fourth-order valence-corrected chi connectivity index (χ4v) is 3.69. The smallest absolute Gasteiger partial charge is 0.234 e. The molecular weight excluding hydrogens is 322 g/mol. The van der Waals surface area contributed by atoms with Crippen LogP contribution in [0.25, 0.3) is 0 Å². The maximum atomic E-state index is 12.1. The van der Waals surface area contributed by atoms with E-state index in [4.69, 9.17) is 0 Å². The number of rotatable bonds is 6. The zero-order valence-electron chi connectivity index (χ0n) is 13.8. The van der Waals surface area contributed by atoms with Gasteiger partial charge in [0, 0.05) is 30.2 Å². The third kappa shape index (κ3) is 4.52. The van der Waals surface area contributed by atoms with Crippen LogP contribution in [0.2, 0.25) is 0 Å². The number of amides is 1. The van der Waals surface area contributed by atoms with Gasteiger partial charge in [0.25, 0.3) is 0 Å². The van der Waals surface area contributed by atoms with E-state index >= 15 is 0 Å². The highest BCUT2D eigenvalue weighted by atomic mass is 32.1. The number of thiophene rings is 1. The predicted molar refractivity (Wildman–Crippen MR) is 96.1 cm³/mol. The maximum Gasteiger partial charge on any atom is 0.234 e. The molecule has 3 rings (SSSR count). The second kappa shape index (κ2) is 8.21. The van der Waals surface area contributed by atoms with Crippen LogP contribution < -0.4 is 15.5 Å². The fraction of sp³-hybridized carbons (Fsp3) is 0.471. The molecule has 1 fully saturated rings. The van der Waals surface area contributed by atoms with Gasteiger partial charge in [0.1, 0.15) is 0 Å². The molecule has 0 aromatic carbocycles. The molecule has 1 aliphatic rings. The highest BCUT2D eigenvalue weighted by Gasteiger charge is 2.21. The topological polar surface area (TPSA) is 70.2 Å². The van der Waals surface area contributed by atoms with Crippen molar-refractivity contribution in [3.05, 3.63) is 40.7 Å². The molecule has 0 radical (unpaired) electrons. The van der Waals surface area contributed by atoms with Crippen LogP contribution in [0, 0.1) is 0 Å². The van der Waals surface area contributed by atoms with Gasteiger partial charge in [0.05, 0.1) is 12.6 Å². The SMILES string of the molecule is C[C@H](NC(=O)CN[C@@H]1CCCN(c2cccnn2)C1)c1cccs1. The summed E-state index contributed by atoms with van der Waals surface area (Å²) in [6, 6.07) is 8.28. The second-order valence-electron chi connectivity index (χ2n) is 6.05. The fourth-order valence-electron chi connectivity index (χ4n) is 2.95. The highest BCUT2D eigenvalue weighted by Crippen LogP contribution is 2.18. The van der Waals surface area contributed by atoms with Gasteiger partial charge in [-0.25, -0.2) is 0 Å². The summed E-state index contributed by atoms with van der Waals surface area (Å²) in [5.74, 6) is 0.937. The van der Waals surface area contributed by atoms with Crippen molar-refractivity contribution >= 4 is 23.1 Å². The molecule has 1 saturated heterocycles. The molecule has 1 aliphatic heterocycles. The van der Waals surface area contributed by atoms with Crippen molar-refractivity contribution in [1.82, 2.24) is 20.8 Å². The standard InChI is InChI=1S/C17H23N5OS/c1-13(15-6-4-10-24-15)20-17(23)11-18-14-5-3-9-22(12-14)16-7-2-8-19-21-16/h2,4,6-8,10,13-14,18H,3,5,9,11-12H2,1H3,(H,20,23)/t13-,14+/m0/s1. The van der Waals surface area contributed by atoms with E-state index in [0.29, 0.717) is 12.6 Å². The lowest BCUT2D eigenvalue weighted by atomic mass is 10.1. The van der Waals surface area contributed by atoms with Gasteiger partial charge in [-0.05, 0) is 43.3 Å².